The van der Waals surface area contributed by atoms with Gasteiger partial charge in [0.15, 0.2) is 0 Å². The molecule has 2 unspecified atom stereocenters. The minimum Gasteiger partial charge on any atom is -0.373 e. The van der Waals surface area contributed by atoms with Gasteiger partial charge < -0.3 is 4.74 Å². The van der Waals surface area contributed by atoms with Crippen molar-refractivity contribution < 1.29 is 4.74 Å². The Morgan fingerprint density at radius 3 is 2.28 bits per heavy atom. The van der Waals surface area contributed by atoms with Crippen LogP contribution in [0.4, 0.5) is 0 Å². The maximum Gasteiger partial charge on any atom is 0.0720 e. The van der Waals surface area contributed by atoms with Crippen molar-refractivity contribution in [3.8, 4) is 0 Å². The van der Waals surface area contributed by atoms with Gasteiger partial charge in [0.05, 0.1) is 12.7 Å². The molecular weight excluding hydrogens is 220 g/mol. The minimum atomic E-state index is 0.423. The van der Waals surface area contributed by atoms with Crippen molar-refractivity contribution in [2.75, 3.05) is 0 Å². The first-order chi connectivity index (χ1) is 8.59. The van der Waals surface area contributed by atoms with E-state index in [4.69, 9.17) is 4.74 Å². The highest BCUT2D eigenvalue weighted by atomic mass is 16.5. The zero-order valence-electron chi connectivity index (χ0n) is 12.1. The Morgan fingerprint density at radius 2 is 1.61 bits per heavy atom. The first-order valence-corrected chi connectivity index (χ1v) is 7.25. The van der Waals surface area contributed by atoms with Gasteiger partial charge in [-0.15, -0.1) is 0 Å². The van der Waals surface area contributed by atoms with Gasteiger partial charge >= 0.3 is 0 Å². The molecule has 1 fully saturated rings. The van der Waals surface area contributed by atoms with Crippen molar-refractivity contribution >= 4 is 0 Å². The fourth-order valence-electron chi connectivity index (χ4n) is 3.13. The molecule has 0 radical (unpaired) electrons. The van der Waals surface area contributed by atoms with Gasteiger partial charge in [0.2, 0.25) is 0 Å². The number of hydrogen-bond donors (Lipinski definition) is 0. The summed E-state index contributed by atoms with van der Waals surface area (Å²) in [5.74, 6) is 3.02. The van der Waals surface area contributed by atoms with Gasteiger partial charge in [-0.2, -0.15) is 0 Å². The van der Waals surface area contributed by atoms with Gasteiger partial charge in [0.25, 0.3) is 0 Å². The highest BCUT2D eigenvalue weighted by molar-refractivity contribution is 5.13. The molecule has 0 aliphatic heterocycles. The van der Waals surface area contributed by atoms with Crippen molar-refractivity contribution in [3.05, 3.63) is 35.9 Å². The van der Waals surface area contributed by atoms with Crippen molar-refractivity contribution in [3.63, 3.8) is 0 Å². The zero-order valence-corrected chi connectivity index (χ0v) is 12.1. The zero-order chi connectivity index (χ0) is 13.1. The Hall–Kier alpha value is -0.820. The van der Waals surface area contributed by atoms with E-state index in [2.05, 4.69) is 58.0 Å². The summed E-state index contributed by atoms with van der Waals surface area (Å²) in [5.41, 5.74) is 1.28. The smallest absolute Gasteiger partial charge is 0.0720 e. The third-order valence-electron chi connectivity index (χ3n) is 5.05. The maximum absolute atomic E-state index is 6.17. The first kappa shape index (κ1) is 13.6. The molecule has 0 aromatic heterocycles. The third-order valence-corrected chi connectivity index (χ3v) is 5.05. The summed E-state index contributed by atoms with van der Waals surface area (Å²) in [5, 5.41) is 0. The summed E-state index contributed by atoms with van der Waals surface area (Å²) in [7, 11) is 0. The van der Waals surface area contributed by atoms with E-state index in [1.807, 2.05) is 0 Å². The largest absolute Gasteiger partial charge is 0.373 e. The van der Waals surface area contributed by atoms with Gasteiger partial charge in [-0.25, -0.2) is 0 Å². The van der Waals surface area contributed by atoms with E-state index in [9.17, 15) is 0 Å². The number of hydrogen-bond acceptors (Lipinski definition) is 1. The van der Waals surface area contributed by atoms with Crippen molar-refractivity contribution in [1.29, 1.82) is 0 Å². The first-order valence-electron chi connectivity index (χ1n) is 7.25. The van der Waals surface area contributed by atoms with Gasteiger partial charge in [-0.1, -0.05) is 58.0 Å². The molecule has 1 aromatic rings. The van der Waals surface area contributed by atoms with Gasteiger partial charge in [-0.3, -0.25) is 0 Å². The predicted octanol–water partition coefficient (Wildman–Crippen LogP) is 4.52. The van der Waals surface area contributed by atoms with Gasteiger partial charge in [0, 0.05) is 0 Å². The molecule has 1 nitrogen and oxygen atoms in total. The van der Waals surface area contributed by atoms with Crippen LogP contribution in [0.3, 0.4) is 0 Å². The summed E-state index contributed by atoms with van der Waals surface area (Å²) in [6, 6.07) is 10.5. The molecule has 0 N–H and O–H groups in total. The standard InChI is InChI=1S/C17H26O/c1-12-10-17(15(4)14(3)13(12)2)18-11-16-8-6-5-7-9-16/h5-9,12-15,17H,10-11H2,1-4H3/t12-,13?,14+,15+,17?/m0/s1. The van der Waals surface area contributed by atoms with Crippen molar-refractivity contribution in [2.24, 2.45) is 23.7 Å². The highest BCUT2D eigenvalue weighted by Gasteiger charge is 2.36. The molecule has 2 rings (SSSR count). The monoisotopic (exact) mass is 246 g/mol. The molecule has 1 heteroatoms. The third kappa shape index (κ3) is 2.95. The van der Waals surface area contributed by atoms with E-state index in [0.29, 0.717) is 12.0 Å². The van der Waals surface area contributed by atoms with Crippen LogP contribution in [0.5, 0.6) is 0 Å². The second-order valence-corrected chi connectivity index (χ2v) is 6.13. The van der Waals surface area contributed by atoms with E-state index in [1.165, 1.54) is 12.0 Å². The highest BCUT2D eigenvalue weighted by Crippen LogP contribution is 2.39. The topological polar surface area (TPSA) is 9.23 Å². The van der Waals surface area contributed by atoms with E-state index in [0.717, 1.165) is 24.4 Å². The van der Waals surface area contributed by atoms with Crippen LogP contribution in [0.15, 0.2) is 30.3 Å². The molecule has 0 heterocycles. The maximum atomic E-state index is 6.17. The Morgan fingerprint density at radius 1 is 0.944 bits per heavy atom. The normalized spacial score (nSPS) is 36.6. The quantitative estimate of drug-likeness (QED) is 0.762. The van der Waals surface area contributed by atoms with Crippen LogP contribution in [-0.2, 0) is 11.3 Å². The lowest BCUT2D eigenvalue weighted by Gasteiger charge is -2.42. The summed E-state index contributed by atoms with van der Waals surface area (Å²) >= 11 is 0. The van der Waals surface area contributed by atoms with Crippen LogP contribution in [0.25, 0.3) is 0 Å². The van der Waals surface area contributed by atoms with E-state index in [1.54, 1.807) is 0 Å². The molecule has 1 aliphatic carbocycles. The SMILES string of the molecule is CC1[C@@H](C)[C@@H](C)C(OCc2ccccc2)C[C@@H]1C. The molecule has 0 saturated heterocycles. The lowest BCUT2D eigenvalue weighted by molar-refractivity contribution is -0.0653. The van der Waals surface area contributed by atoms with E-state index in [-0.39, 0.29) is 0 Å². The minimum absolute atomic E-state index is 0.423. The average molecular weight is 246 g/mol. The summed E-state index contributed by atoms with van der Waals surface area (Å²) in [4.78, 5) is 0. The average Bonchev–Trinajstić information content (AvgIpc) is 2.40. The molecule has 0 spiro atoms. The molecule has 0 amide bonds. The molecule has 18 heavy (non-hydrogen) atoms. The van der Waals surface area contributed by atoms with Crippen LogP contribution in [0.2, 0.25) is 0 Å². The van der Waals surface area contributed by atoms with Crippen molar-refractivity contribution in [2.45, 2.75) is 46.8 Å². The van der Waals surface area contributed by atoms with E-state index >= 15 is 0 Å². The number of benzene rings is 1. The Balaban J connectivity index is 1.93. The number of rotatable bonds is 3. The lowest BCUT2D eigenvalue weighted by atomic mass is 9.68. The second kappa shape index (κ2) is 5.88. The Bertz CT molecular complexity index is 359. The molecule has 5 atom stereocenters. The summed E-state index contributed by atoms with van der Waals surface area (Å²) in [6.07, 6.45) is 1.63. The molecule has 0 bridgehead atoms. The van der Waals surface area contributed by atoms with Gasteiger partial charge in [0.1, 0.15) is 0 Å². The molecule has 1 aliphatic rings. The summed E-state index contributed by atoms with van der Waals surface area (Å²) < 4.78 is 6.17. The molecule has 100 valence electrons. The fourth-order valence-corrected chi connectivity index (χ4v) is 3.13. The van der Waals surface area contributed by atoms with Crippen LogP contribution in [0.1, 0.15) is 39.7 Å². The second-order valence-electron chi connectivity index (χ2n) is 6.13. The lowest BCUT2D eigenvalue weighted by Crippen LogP contribution is -2.39. The van der Waals surface area contributed by atoms with E-state index < -0.39 is 0 Å². The Labute approximate surface area is 112 Å². The predicted molar refractivity (Wildman–Crippen MR) is 76.3 cm³/mol. The van der Waals surface area contributed by atoms with Crippen molar-refractivity contribution in [1.82, 2.24) is 0 Å². The van der Waals surface area contributed by atoms with Crippen LogP contribution in [-0.4, -0.2) is 6.10 Å². The van der Waals surface area contributed by atoms with Gasteiger partial charge in [-0.05, 0) is 35.7 Å². The Kier molecular flexibility index (Phi) is 4.45. The number of ether oxygens (including phenoxy) is 1. The van der Waals surface area contributed by atoms with Crippen LogP contribution in [0, 0.1) is 23.7 Å². The van der Waals surface area contributed by atoms with Crippen LogP contribution >= 0.6 is 0 Å². The summed E-state index contributed by atoms with van der Waals surface area (Å²) in [6.45, 7) is 10.2. The molecule has 1 aromatic carbocycles. The fraction of sp³-hybridized carbons (Fsp3) is 0.647. The molecule has 1 saturated carbocycles. The molecular formula is C17H26O. The van der Waals surface area contributed by atoms with Crippen LogP contribution < -0.4 is 0 Å².